The van der Waals surface area contributed by atoms with E-state index < -0.39 is 11.2 Å². The highest BCUT2D eigenvalue weighted by Crippen LogP contribution is 2.29. The number of piperidine rings is 2. The number of aromatic amines is 1. The van der Waals surface area contributed by atoms with E-state index in [-0.39, 0.29) is 29.6 Å². The number of halogens is 1. The number of hydrogen-bond acceptors (Lipinski definition) is 8. The van der Waals surface area contributed by atoms with Gasteiger partial charge in [-0.2, -0.15) is 5.10 Å². The van der Waals surface area contributed by atoms with E-state index in [0.717, 1.165) is 42.7 Å². The minimum atomic E-state index is -0.509. The first kappa shape index (κ1) is 33.2. The molecule has 2 unspecified atom stereocenters. The first-order valence-corrected chi connectivity index (χ1v) is 16.1. The number of H-pyrrole nitrogens is 1. The normalized spacial score (nSPS) is 19.1. The van der Waals surface area contributed by atoms with Crippen molar-refractivity contribution in [2.45, 2.75) is 90.3 Å². The molecule has 2 aliphatic heterocycles. The van der Waals surface area contributed by atoms with E-state index in [1.807, 2.05) is 53.7 Å². The highest BCUT2D eigenvalue weighted by molar-refractivity contribution is 6.29. The van der Waals surface area contributed by atoms with Gasteiger partial charge in [0.05, 0.1) is 17.6 Å². The van der Waals surface area contributed by atoms with E-state index in [0.29, 0.717) is 37.0 Å². The number of nitrogens with zero attached hydrogens (tertiary/aromatic N) is 7. The SMILES string of the molecule is CC(C)(C)OC(=O)N1CCCC(c2cc(=O)n3[nH]ccc3n2)C1.CC(C)(C)OC(=O)N1CCCC(c2cc(Cl)n3nccc3n2)C1. The van der Waals surface area contributed by atoms with Crippen LogP contribution in [0.25, 0.3) is 11.3 Å². The molecule has 2 saturated heterocycles. The molecular weight excluding hydrogens is 612 g/mol. The summed E-state index contributed by atoms with van der Waals surface area (Å²) in [6, 6.07) is 6.97. The van der Waals surface area contributed by atoms with Crippen molar-refractivity contribution >= 4 is 35.1 Å². The smallest absolute Gasteiger partial charge is 0.410 e. The van der Waals surface area contributed by atoms with Crippen LogP contribution in [0, 0.1) is 0 Å². The van der Waals surface area contributed by atoms with Gasteiger partial charge in [0.15, 0.2) is 11.3 Å². The van der Waals surface area contributed by atoms with Gasteiger partial charge in [0.2, 0.25) is 0 Å². The van der Waals surface area contributed by atoms with Crippen molar-refractivity contribution in [3.8, 4) is 0 Å². The topological polar surface area (TPSA) is 139 Å². The van der Waals surface area contributed by atoms with Crippen LogP contribution in [0.1, 0.15) is 90.4 Å². The van der Waals surface area contributed by atoms with Gasteiger partial charge in [-0.3, -0.25) is 9.89 Å². The number of fused-ring (bicyclic) bond motifs is 2. The summed E-state index contributed by atoms with van der Waals surface area (Å²) in [5.41, 5.74) is 1.83. The number of rotatable bonds is 2. The third-order valence-corrected chi connectivity index (χ3v) is 7.99. The standard InChI is InChI=1S/C16H21ClN4O2.C16H22N4O3/c1-16(2,3)23-15(22)20-8-4-5-11(10-20)12-9-13(17)21-14(19-12)6-7-18-21;1-16(2,3)23-15(22)19-8-4-5-11(10-19)12-9-14(21)20-13(18-12)6-7-17-20/h6-7,9,11H,4-5,8,10H2,1-3H3;6-7,9,11,17H,4-5,8,10H2,1-3H3. The Morgan fingerprint density at radius 2 is 1.39 bits per heavy atom. The second-order valence-corrected chi connectivity index (χ2v) is 14.2. The van der Waals surface area contributed by atoms with E-state index in [1.165, 1.54) is 4.52 Å². The average Bonchev–Trinajstić information content (AvgIpc) is 3.66. The fourth-order valence-electron chi connectivity index (χ4n) is 5.68. The van der Waals surface area contributed by atoms with Gasteiger partial charge in [-0.05, 0) is 73.3 Å². The van der Waals surface area contributed by atoms with Crippen LogP contribution in [0.2, 0.25) is 5.15 Å². The third kappa shape index (κ3) is 8.17. The average molecular weight is 655 g/mol. The molecule has 46 heavy (non-hydrogen) atoms. The fraction of sp³-hybridized carbons (Fsp3) is 0.562. The van der Waals surface area contributed by atoms with Gasteiger partial charge < -0.3 is 19.3 Å². The molecule has 2 amide bonds. The Hall–Kier alpha value is -4.13. The van der Waals surface area contributed by atoms with E-state index in [1.54, 1.807) is 38.8 Å². The molecule has 248 valence electrons. The lowest BCUT2D eigenvalue weighted by Crippen LogP contribution is -2.42. The molecule has 4 aromatic heterocycles. The quantitative estimate of drug-likeness (QED) is 0.274. The molecule has 0 aliphatic carbocycles. The Balaban J connectivity index is 0.000000181. The number of hydrogen-bond donors (Lipinski definition) is 1. The fourth-order valence-corrected chi connectivity index (χ4v) is 5.92. The highest BCUT2D eigenvalue weighted by atomic mass is 35.5. The second-order valence-electron chi connectivity index (χ2n) is 13.8. The summed E-state index contributed by atoms with van der Waals surface area (Å²) in [5.74, 6) is 0.220. The van der Waals surface area contributed by atoms with Crippen molar-refractivity contribution in [2.24, 2.45) is 0 Å². The lowest BCUT2D eigenvalue weighted by atomic mass is 9.95. The molecule has 6 rings (SSSR count). The van der Waals surface area contributed by atoms with Gasteiger partial charge >= 0.3 is 12.2 Å². The van der Waals surface area contributed by atoms with Gasteiger partial charge in [0, 0.05) is 62.4 Å². The Morgan fingerprint density at radius 3 is 1.96 bits per heavy atom. The number of amides is 2. The molecule has 14 heteroatoms. The molecule has 0 bridgehead atoms. The van der Waals surface area contributed by atoms with Crippen molar-refractivity contribution in [1.82, 2.24) is 39.0 Å². The van der Waals surface area contributed by atoms with Crippen LogP contribution in [0.4, 0.5) is 9.59 Å². The minimum absolute atomic E-state index is 0.0591. The Kier molecular flexibility index (Phi) is 9.62. The van der Waals surface area contributed by atoms with Crippen LogP contribution < -0.4 is 5.56 Å². The summed E-state index contributed by atoms with van der Waals surface area (Å²) in [6.07, 6.45) is 6.47. The zero-order valence-corrected chi connectivity index (χ0v) is 28.1. The number of carbonyl (C=O) groups excluding carboxylic acids is 2. The molecular formula is C32H43ClN8O5. The molecule has 2 aliphatic rings. The number of carbonyl (C=O) groups is 2. The summed E-state index contributed by atoms with van der Waals surface area (Å²) in [5, 5.41) is 7.49. The Bertz CT molecular complexity index is 1750. The summed E-state index contributed by atoms with van der Waals surface area (Å²) in [6.45, 7) is 13.7. The predicted molar refractivity (Wildman–Crippen MR) is 173 cm³/mol. The zero-order valence-electron chi connectivity index (χ0n) is 27.3. The predicted octanol–water partition coefficient (Wildman–Crippen LogP) is 5.63. The molecule has 0 saturated carbocycles. The number of nitrogens with one attached hydrogen (secondary N) is 1. The molecule has 2 fully saturated rings. The van der Waals surface area contributed by atoms with Gasteiger partial charge in [0.25, 0.3) is 5.56 Å². The number of aromatic nitrogens is 6. The lowest BCUT2D eigenvalue weighted by Gasteiger charge is -2.34. The molecule has 0 aromatic carbocycles. The van der Waals surface area contributed by atoms with Crippen molar-refractivity contribution < 1.29 is 19.1 Å². The van der Waals surface area contributed by atoms with Crippen LogP contribution in [-0.2, 0) is 9.47 Å². The first-order valence-electron chi connectivity index (χ1n) is 15.7. The summed E-state index contributed by atoms with van der Waals surface area (Å²) in [7, 11) is 0. The molecule has 1 N–H and O–H groups in total. The van der Waals surface area contributed by atoms with Crippen molar-refractivity contribution in [1.29, 1.82) is 0 Å². The van der Waals surface area contributed by atoms with E-state index in [2.05, 4.69) is 20.2 Å². The van der Waals surface area contributed by atoms with Crippen LogP contribution in [0.15, 0.2) is 41.5 Å². The van der Waals surface area contributed by atoms with Crippen LogP contribution >= 0.6 is 11.6 Å². The van der Waals surface area contributed by atoms with Gasteiger partial charge in [-0.15, -0.1) is 0 Å². The van der Waals surface area contributed by atoms with E-state index in [9.17, 15) is 14.4 Å². The van der Waals surface area contributed by atoms with Crippen LogP contribution in [0.5, 0.6) is 0 Å². The Labute approximate surface area is 272 Å². The maximum Gasteiger partial charge on any atom is 0.410 e. The molecule has 2 atom stereocenters. The van der Waals surface area contributed by atoms with Gasteiger partial charge in [-0.1, -0.05) is 11.6 Å². The zero-order chi connectivity index (χ0) is 33.2. The molecule has 4 aromatic rings. The second kappa shape index (κ2) is 13.3. The first-order chi connectivity index (χ1) is 21.7. The molecule has 0 radical (unpaired) electrons. The Morgan fingerprint density at radius 1 is 0.848 bits per heavy atom. The monoisotopic (exact) mass is 654 g/mol. The van der Waals surface area contributed by atoms with Gasteiger partial charge in [-0.25, -0.2) is 28.6 Å². The summed E-state index contributed by atoms with van der Waals surface area (Å²) >= 11 is 6.26. The maximum absolute atomic E-state index is 12.3. The maximum atomic E-state index is 12.3. The van der Waals surface area contributed by atoms with Crippen LogP contribution in [0.3, 0.4) is 0 Å². The summed E-state index contributed by atoms with van der Waals surface area (Å²) < 4.78 is 13.9. The van der Waals surface area contributed by atoms with Crippen molar-refractivity contribution in [3.05, 3.63) is 63.6 Å². The molecule has 0 spiro atoms. The highest BCUT2D eigenvalue weighted by Gasteiger charge is 2.31. The van der Waals surface area contributed by atoms with Crippen LogP contribution in [-0.4, -0.2) is 88.6 Å². The number of likely N-dealkylation sites (tertiary alicyclic amines) is 2. The van der Waals surface area contributed by atoms with Crippen molar-refractivity contribution in [2.75, 3.05) is 26.2 Å². The number of ether oxygens (including phenoxy) is 2. The molecule has 13 nitrogen and oxygen atoms in total. The van der Waals surface area contributed by atoms with E-state index in [4.69, 9.17) is 21.1 Å². The molecule has 6 heterocycles. The largest absolute Gasteiger partial charge is 0.444 e. The third-order valence-electron chi connectivity index (χ3n) is 7.72. The van der Waals surface area contributed by atoms with E-state index >= 15 is 0 Å². The van der Waals surface area contributed by atoms with Gasteiger partial charge in [0.1, 0.15) is 16.4 Å². The van der Waals surface area contributed by atoms with Crippen molar-refractivity contribution in [3.63, 3.8) is 0 Å². The lowest BCUT2D eigenvalue weighted by molar-refractivity contribution is 0.0187. The summed E-state index contributed by atoms with van der Waals surface area (Å²) in [4.78, 5) is 49.2. The minimum Gasteiger partial charge on any atom is -0.444 e.